The highest BCUT2D eigenvalue weighted by molar-refractivity contribution is 7.17. The smallest absolute Gasteiger partial charge is 0.122 e. The van der Waals surface area contributed by atoms with Crippen LogP contribution in [0.15, 0.2) is 29.6 Å². The van der Waals surface area contributed by atoms with Crippen LogP contribution in [0.2, 0.25) is 0 Å². The Labute approximate surface area is 74.1 Å². The van der Waals surface area contributed by atoms with Crippen molar-refractivity contribution >= 4 is 27.3 Å². The molecule has 0 bridgehead atoms. The first-order valence-electron chi connectivity index (χ1n) is 3.59. The molecular formula is C9H8N2S. The number of nitrogens with one attached hydrogen (secondary N) is 1. The predicted molar refractivity (Wildman–Crippen MR) is 52.8 cm³/mol. The normalized spacial score (nSPS) is 10.3. The molecule has 0 unspecified atom stereocenters. The molecule has 1 aromatic carbocycles. The Morgan fingerprint density at radius 3 is 2.92 bits per heavy atom. The van der Waals surface area contributed by atoms with E-state index >= 15 is 0 Å². The lowest BCUT2D eigenvalue weighted by Gasteiger charge is -1.96. The molecule has 0 atom stereocenters. The van der Waals surface area contributed by atoms with E-state index in [0.29, 0.717) is 0 Å². The molecule has 0 saturated carbocycles. The van der Waals surface area contributed by atoms with Gasteiger partial charge in [0.2, 0.25) is 0 Å². The minimum Gasteiger partial charge on any atom is -0.384 e. The first-order valence-corrected chi connectivity index (χ1v) is 4.47. The van der Waals surface area contributed by atoms with E-state index in [1.165, 1.54) is 10.1 Å². The number of hydrogen-bond acceptors (Lipinski definition) is 2. The Kier molecular flexibility index (Phi) is 1.59. The number of thiophene rings is 1. The molecule has 0 aliphatic rings. The summed E-state index contributed by atoms with van der Waals surface area (Å²) in [5, 5.41) is 10.5. The zero-order valence-corrected chi connectivity index (χ0v) is 7.19. The third kappa shape index (κ3) is 1.08. The molecular weight excluding hydrogens is 168 g/mol. The second kappa shape index (κ2) is 2.60. The van der Waals surface area contributed by atoms with Crippen LogP contribution in [0, 0.1) is 5.41 Å². The summed E-state index contributed by atoms with van der Waals surface area (Å²) in [7, 11) is 0. The number of hydrogen-bond donors (Lipinski definition) is 2. The van der Waals surface area contributed by atoms with Crippen LogP contribution in [0.3, 0.4) is 0 Å². The van der Waals surface area contributed by atoms with Crippen molar-refractivity contribution in [3.63, 3.8) is 0 Å². The van der Waals surface area contributed by atoms with E-state index in [4.69, 9.17) is 11.1 Å². The van der Waals surface area contributed by atoms with Crippen LogP contribution >= 0.6 is 11.3 Å². The highest BCUT2D eigenvalue weighted by Crippen LogP contribution is 2.21. The second-order valence-corrected chi connectivity index (χ2v) is 3.53. The maximum absolute atomic E-state index is 7.25. The summed E-state index contributed by atoms with van der Waals surface area (Å²) in [5.74, 6) is 0.130. The molecule has 60 valence electrons. The SMILES string of the molecule is N=C(N)c1ccc2ccsc2c1. The molecule has 0 aliphatic heterocycles. The van der Waals surface area contributed by atoms with E-state index < -0.39 is 0 Å². The Bertz CT molecular complexity index is 431. The lowest BCUT2D eigenvalue weighted by atomic mass is 10.2. The Morgan fingerprint density at radius 1 is 1.33 bits per heavy atom. The van der Waals surface area contributed by atoms with Gasteiger partial charge < -0.3 is 5.73 Å². The molecule has 2 rings (SSSR count). The fourth-order valence-electron chi connectivity index (χ4n) is 1.12. The average Bonchev–Trinajstić information content (AvgIpc) is 2.49. The Balaban J connectivity index is 2.68. The lowest BCUT2D eigenvalue weighted by Crippen LogP contribution is -2.10. The highest BCUT2D eigenvalue weighted by Gasteiger charge is 1.98. The van der Waals surface area contributed by atoms with Crippen LogP contribution in [0.1, 0.15) is 5.56 Å². The molecule has 2 aromatic rings. The monoisotopic (exact) mass is 176 g/mol. The maximum Gasteiger partial charge on any atom is 0.122 e. The fourth-order valence-corrected chi connectivity index (χ4v) is 1.95. The zero-order chi connectivity index (χ0) is 8.55. The third-order valence-corrected chi connectivity index (χ3v) is 2.65. The molecule has 0 aliphatic carbocycles. The largest absolute Gasteiger partial charge is 0.384 e. The number of amidine groups is 1. The minimum atomic E-state index is 0.130. The highest BCUT2D eigenvalue weighted by atomic mass is 32.1. The summed E-state index contributed by atoms with van der Waals surface area (Å²) in [4.78, 5) is 0. The van der Waals surface area contributed by atoms with Gasteiger partial charge in [-0.1, -0.05) is 12.1 Å². The topological polar surface area (TPSA) is 49.9 Å². The molecule has 3 heteroatoms. The molecule has 0 radical (unpaired) electrons. The summed E-state index contributed by atoms with van der Waals surface area (Å²) < 4.78 is 1.18. The first kappa shape index (κ1) is 7.31. The predicted octanol–water partition coefficient (Wildman–Crippen LogP) is 2.19. The molecule has 0 saturated heterocycles. The molecule has 1 aromatic heterocycles. The van der Waals surface area contributed by atoms with Crippen molar-refractivity contribution in [1.29, 1.82) is 5.41 Å². The lowest BCUT2D eigenvalue weighted by molar-refractivity contribution is 1.43. The molecule has 12 heavy (non-hydrogen) atoms. The van der Waals surface area contributed by atoms with Gasteiger partial charge in [-0.3, -0.25) is 5.41 Å². The van der Waals surface area contributed by atoms with Gasteiger partial charge in [-0.25, -0.2) is 0 Å². The quantitative estimate of drug-likeness (QED) is 0.508. The van der Waals surface area contributed by atoms with Gasteiger partial charge in [-0.15, -0.1) is 11.3 Å². The average molecular weight is 176 g/mol. The van der Waals surface area contributed by atoms with E-state index in [9.17, 15) is 0 Å². The maximum atomic E-state index is 7.25. The van der Waals surface area contributed by atoms with Crippen molar-refractivity contribution < 1.29 is 0 Å². The van der Waals surface area contributed by atoms with Gasteiger partial charge in [0.15, 0.2) is 0 Å². The van der Waals surface area contributed by atoms with Gasteiger partial charge in [0.05, 0.1) is 0 Å². The summed E-state index contributed by atoms with van der Waals surface area (Å²) >= 11 is 1.67. The van der Waals surface area contributed by atoms with Crippen molar-refractivity contribution in [2.75, 3.05) is 0 Å². The van der Waals surface area contributed by atoms with Crippen LogP contribution in [0.4, 0.5) is 0 Å². The van der Waals surface area contributed by atoms with Crippen LogP contribution in [0.25, 0.3) is 10.1 Å². The number of rotatable bonds is 1. The van der Waals surface area contributed by atoms with Crippen LogP contribution in [0.5, 0.6) is 0 Å². The summed E-state index contributed by atoms with van der Waals surface area (Å²) in [6.45, 7) is 0. The van der Waals surface area contributed by atoms with Gasteiger partial charge >= 0.3 is 0 Å². The summed E-state index contributed by atoms with van der Waals surface area (Å²) in [5.41, 5.74) is 6.16. The van der Waals surface area contributed by atoms with Gasteiger partial charge in [0.1, 0.15) is 5.84 Å². The van der Waals surface area contributed by atoms with E-state index in [2.05, 4.69) is 6.07 Å². The van der Waals surface area contributed by atoms with Gasteiger partial charge in [0.25, 0.3) is 0 Å². The van der Waals surface area contributed by atoms with Gasteiger partial charge in [-0.2, -0.15) is 0 Å². The fraction of sp³-hybridized carbons (Fsp3) is 0. The molecule has 1 heterocycles. The van der Waals surface area contributed by atoms with Crippen LogP contribution in [-0.2, 0) is 0 Å². The molecule has 2 nitrogen and oxygen atoms in total. The second-order valence-electron chi connectivity index (χ2n) is 2.59. The Morgan fingerprint density at radius 2 is 2.17 bits per heavy atom. The molecule has 3 N–H and O–H groups in total. The first-order chi connectivity index (χ1) is 5.77. The molecule has 0 spiro atoms. The van der Waals surface area contributed by atoms with Crippen LogP contribution in [-0.4, -0.2) is 5.84 Å². The van der Waals surface area contributed by atoms with Crippen molar-refractivity contribution in [2.45, 2.75) is 0 Å². The number of fused-ring (bicyclic) bond motifs is 1. The summed E-state index contributed by atoms with van der Waals surface area (Å²) in [6.07, 6.45) is 0. The number of benzene rings is 1. The number of nitrogen functional groups attached to an aromatic ring is 1. The molecule has 0 amide bonds. The van der Waals surface area contributed by atoms with Crippen LogP contribution < -0.4 is 5.73 Å². The number of nitrogens with two attached hydrogens (primary N) is 1. The van der Waals surface area contributed by atoms with Crippen molar-refractivity contribution in [1.82, 2.24) is 0 Å². The van der Waals surface area contributed by atoms with E-state index in [-0.39, 0.29) is 5.84 Å². The summed E-state index contributed by atoms with van der Waals surface area (Å²) in [6, 6.07) is 7.87. The van der Waals surface area contributed by atoms with E-state index in [1.807, 2.05) is 23.6 Å². The zero-order valence-electron chi connectivity index (χ0n) is 6.37. The Hall–Kier alpha value is -1.35. The van der Waals surface area contributed by atoms with E-state index in [1.54, 1.807) is 11.3 Å². The third-order valence-electron chi connectivity index (χ3n) is 1.77. The van der Waals surface area contributed by atoms with E-state index in [0.717, 1.165) is 5.56 Å². The van der Waals surface area contributed by atoms with Gasteiger partial charge in [0, 0.05) is 10.3 Å². The molecule has 0 fully saturated rings. The van der Waals surface area contributed by atoms with Gasteiger partial charge in [-0.05, 0) is 22.9 Å². The standard InChI is InChI=1S/C9H8N2S/c10-9(11)7-2-1-6-3-4-12-8(6)5-7/h1-5H,(H3,10,11). The van der Waals surface area contributed by atoms with Crippen molar-refractivity contribution in [2.24, 2.45) is 5.73 Å². The van der Waals surface area contributed by atoms with Crippen molar-refractivity contribution in [3.8, 4) is 0 Å². The van der Waals surface area contributed by atoms with Crippen molar-refractivity contribution in [3.05, 3.63) is 35.2 Å². The minimum absolute atomic E-state index is 0.130.